The van der Waals surface area contributed by atoms with Gasteiger partial charge in [-0.25, -0.2) is 0 Å². The molecule has 0 radical (unpaired) electrons. The molecule has 0 aromatic heterocycles. The third-order valence-electron chi connectivity index (χ3n) is 8.37. The van der Waals surface area contributed by atoms with E-state index in [2.05, 4.69) is 13.8 Å². The van der Waals surface area contributed by atoms with Gasteiger partial charge in [-0.1, -0.05) is 32.4 Å². The topological polar surface area (TPSA) is 99.2 Å². The van der Waals surface area contributed by atoms with Crippen LogP contribution >= 0.6 is 0 Å². The van der Waals surface area contributed by atoms with Crippen LogP contribution in [0.4, 0.5) is 0 Å². The van der Waals surface area contributed by atoms with E-state index in [4.69, 9.17) is 14.2 Å². The number of amides is 1. The third-order valence-corrected chi connectivity index (χ3v) is 8.37. The van der Waals surface area contributed by atoms with Crippen molar-refractivity contribution in [1.82, 2.24) is 4.90 Å². The van der Waals surface area contributed by atoms with E-state index >= 15 is 0 Å². The Morgan fingerprint density at radius 3 is 2.53 bits per heavy atom. The van der Waals surface area contributed by atoms with E-state index in [9.17, 15) is 19.2 Å². The smallest absolute Gasteiger partial charge is 0.309 e. The average molecular weight is 534 g/mol. The van der Waals surface area contributed by atoms with Crippen LogP contribution in [0.2, 0.25) is 0 Å². The van der Waals surface area contributed by atoms with E-state index in [0.717, 1.165) is 19.3 Å². The van der Waals surface area contributed by atoms with Crippen LogP contribution in [-0.4, -0.2) is 66.0 Å². The standard InChI is InChI=1S/C30H47NO7/c1-8-36-28(35)20-14-12-10-9-11-13-15-37-19(2)21(17-24(33)38-29(3,4)5)27(34)31-18-22-25(30(22,6)7)26(31)23(32)16-20/h11,13,19-22,25-26H,8-10,12,14-18H2,1-7H3/t19-,20+,21-,22-,25-,26+/m0/s1. The predicted molar refractivity (Wildman–Crippen MR) is 143 cm³/mol. The van der Waals surface area contributed by atoms with E-state index in [1.54, 1.807) is 39.5 Å². The van der Waals surface area contributed by atoms with Gasteiger partial charge < -0.3 is 19.1 Å². The van der Waals surface area contributed by atoms with Crippen LogP contribution in [0, 0.1) is 29.1 Å². The molecule has 2 aliphatic heterocycles. The molecular formula is C30H47NO7. The first kappa shape index (κ1) is 30.3. The van der Waals surface area contributed by atoms with Crippen LogP contribution in [-0.2, 0) is 33.4 Å². The summed E-state index contributed by atoms with van der Waals surface area (Å²) in [5, 5.41) is 0. The Labute approximate surface area is 227 Å². The van der Waals surface area contributed by atoms with Crippen LogP contribution in [0.5, 0.6) is 0 Å². The highest BCUT2D eigenvalue weighted by atomic mass is 16.6. The lowest BCUT2D eigenvalue weighted by atomic mass is 9.88. The summed E-state index contributed by atoms with van der Waals surface area (Å²) in [4.78, 5) is 55.1. The first-order valence-electron chi connectivity index (χ1n) is 14.3. The number of Topliss-reactive ketones (excluding diaryl/α,β-unsaturated/α-hetero) is 1. The minimum atomic E-state index is -0.775. The number of piperidine rings is 1. The van der Waals surface area contributed by atoms with E-state index in [1.807, 2.05) is 12.2 Å². The monoisotopic (exact) mass is 533 g/mol. The number of nitrogens with zero attached hydrogens (tertiary/aromatic N) is 1. The zero-order chi connectivity index (χ0) is 28.3. The fourth-order valence-corrected chi connectivity index (χ4v) is 6.20. The maximum absolute atomic E-state index is 14.0. The fourth-order valence-electron chi connectivity index (χ4n) is 6.20. The summed E-state index contributed by atoms with van der Waals surface area (Å²) >= 11 is 0. The molecule has 1 aliphatic carbocycles. The Bertz CT molecular complexity index is 918. The number of carbonyl (C=O) groups excluding carboxylic acids is 4. The predicted octanol–water partition coefficient (Wildman–Crippen LogP) is 4.49. The zero-order valence-electron chi connectivity index (χ0n) is 24.3. The summed E-state index contributed by atoms with van der Waals surface area (Å²) in [6, 6.07) is -0.611. The number of rotatable bonds is 4. The molecule has 0 spiro atoms. The van der Waals surface area contributed by atoms with Gasteiger partial charge in [0.05, 0.1) is 43.6 Å². The lowest BCUT2D eigenvalue weighted by molar-refractivity contribution is -0.162. The van der Waals surface area contributed by atoms with Crippen molar-refractivity contribution in [2.24, 2.45) is 29.1 Å². The van der Waals surface area contributed by atoms with Gasteiger partial charge in [-0.3, -0.25) is 19.2 Å². The number of carbonyl (C=O) groups is 4. The summed E-state index contributed by atoms with van der Waals surface area (Å²) in [5.74, 6) is -2.19. The second kappa shape index (κ2) is 12.3. The van der Waals surface area contributed by atoms with Crippen molar-refractivity contribution in [2.75, 3.05) is 19.8 Å². The second-order valence-electron chi connectivity index (χ2n) is 12.7. The molecule has 214 valence electrons. The van der Waals surface area contributed by atoms with Crippen molar-refractivity contribution in [2.45, 2.75) is 105 Å². The Morgan fingerprint density at radius 2 is 1.87 bits per heavy atom. The molecule has 2 fully saturated rings. The maximum atomic E-state index is 14.0. The van der Waals surface area contributed by atoms with E-state index < -0.39 is 35.6 Å². The highest BCUT2D eigenvalue weighted by Crippen LogP contribution is 2.65. The molecule has 3 rings (SSSR count). The number of allylic oxidation sites excluding steroid dienone is 1. The SMILES string of the molecule is CCOC(=O)[C@@H]1CCCCC=CCO[C@@H](C)[C@H](CC(=O)OC(C)(C)C)C(=O)N2C[C@H]3[C@@H]([C@H]2C(=O)C1)C3(C)C. The first-order chi connectivity index (χ1) is 17.8. The molecule has 1 amide bonds. The molecule has 1 saturated heterocycles. The summed E-state index contributed by atoms with van der Waals surface area (Å²) in [5.41, 5.74) is -0.726. The van der Waals surface area contributed by atoms with E-state index in [-0.39, 0.29) is 54.4 Å². The van der Waals surface area contributed by atoms with Gasteiger partial charge in [0.2, 0.25) is 5.91 Å². The Kier molecular flexibility index (Phi) is 9.82. The summed E-state index contributed by atoms with van der Waals surface area (Å²) in [6.07, 6.45) is 6.46. The number of esters is 2. The van der Waals surface area contributed by atoms with Gasteiger partial charge >= 0.3 is 11.9 Å². The Hall–Kier alpha value is -2.22. The number of hydrogen-bond donors (Lipinski definition) is 0. The van der Waals surface area contributed by atoms with Gasteiger partial charge in [-0.05, 0) is 71.1 Å². The molecule has 6 atom stereocenters. The van der Waals surface area contributed by atoms with Crippen molar-refractivity contribution in [3.63, 3.8) is 0 Å². The van der Waals surface area contributed by atoms with Gasteiger partial charge in [0.1, 0.15) is 5.60 Å². The quantitative estimate of drug-likeness (QED) is 0.388. The van der Waals surface area contributed by atoms with Gasteiger partial charge in [-0.2, -0.15) is 0 Å². The van der Waals surface area contributed by atoms with Crippen LogP contribution in [0.15, 0.2) is 12.2 Å². The van der Waals surface area contributed by atoms with Crippen molar-refractivity contribution >= 4 is 23.6 Å². The summed E-state index contributed by atoms with van der Waals surface area (Å²) < 4.78 is 16.8. The molecule has 0 aromatic rings. The van der Waals surface area contributed by atoms with Gasteiger partial charge in [-0.15, -0.1) is 0 Å². The first-order valence-corrected chi connectivity index (χ1v) is 14.3. The number of fused-ring (bicyclic) bond motifs is 3. The van der Waals surface area contributed by atoms with Crippen LogP contribution < -0.4 is 0 Å². The lowest BCUT2D eigenvalue weighted by Crippen LogP contribution is -2.50. The molecule has 0 N–H and O–H groups in total. The Balaban J connectivity index is 1.91. The van der Waals surface area contributed by atoms with Crippen LogP contribution in [0.25, 0.3) is 0 Å². The molecular weight excluding hydrogens is 486 g/mol. The van der Waals surface area contributed by atoms with Crippen molar-refractivity contribution in [1.29, 1.82) is 0 Å². The van der Waals surface area contributed by atoms with E-state index in [0.29, 0.717) is 19.6 Å². The third kappa shape index (κ3) is 7.25. The van der Waals surface area contributed by atoms with Gasteiger partial charge in [0.25, 0.3) is 0 Å². The molecule has 8 nitrogen and oxygen atoms in total. The van der Waals surface area contributed by atoms with Gasteiger partial charge in [0.15, 0.2) is 5.78 Å². The molecule has 0 aromatic carbocycles. The van der Waals surface area contributed by atoms with E-state index in [1.165, 1.54) is 0 Å². The largest absolute Gasteiger partial charge is 0.466 e. The molecule has 38 heavy (non-hydrogen) atoms. The zero-order valence-corrected chi connectivity index (χ0v) is 24.3. The normalized spacial score (nSPS) is 32.3. The van der Waals surface area contributed by atoms with Crippen molar-refractivity contribution in [3.05, 3.63) is 12.2 Å². The van der Waals surface area contributed by atoms with Crippen molar-refractivity contribution < 1.29 is 33.4 Å². The minimum Gasteiger partial charge on any atom is -0.466 e. The number of ketones is 1. The number of hydrogen-bond acceptors (Lipinski definition) is 7. The van der Waals surface area contributed by atoms with Crippen LogP contribution in [0.3, 0.4) is 0 Å². The second-order valence-corrected chi connectivity index (χ2v) is 12.7. The van der Waals surface area contributed by atoms with Crippen LogP contribution in [0.1, 0.15) is 87.0 Å². The minimum absolute atomic E-state index is 0.0435. The average Bonchev–Trinajstić information content (AvgIpc) is 3.15. The fraction of sp³-hybridized carbons (Fsp3) is 0.800. The molecule has 8 heteroatoms. The lowest BCUT2D eigenvalue weighted by Gasteiger charge is -2.35. The summed E-state index contributed by atoms with van der Waals surface area (Å²) in [6.45, 7) is 14.3. The van der Waals surface area contributed by atoms with Gasteiger partial charge in [0, 0.05) is 13.0 Å². The maximum Gasteiger partial charge on any atom is 0.309 e. The molecule has 3 aliphatic rings. The summed E-state index contributed by atoms with van der Waals surface area (Å²) in [7, 11) is 0. The Morgan fingerprint density at radius 1 is 1.16 bits per heavy atom. The highest BCUT2D eigenvalue weighted by molar-refractivity contribution is 5.94. The number of ether oxygens (including phenoxy) is 3. The highest BCUT2D eigenvalue weighted by Gasteiger charge is 2.69. The van der Waals surface area contributed by atoms with Crippen molar-refractivity contribution in [3.8, 4) is 0 Å². The molecule has 0 unspecified atom stereocenters. The molecule has 0 bridgehead atoms. The molecule has 1 saturated carbocycles. The molecule has 2 heterocycles.